The Morgan fingerprint density at radius 2 is 1.79 bits per heavy atom. The molecule has 0 spiro atoms. The van der Waals surface area contributed by atoms with Crippen LogP contribution in [0.5, 0.6) is 0 Å². The Bertz CT molecular complexity index is 1070. The minimum absolute atomic E-state index is 0.0855. The van der Waals surface area contributed by atoms with Crippen LogP contribution in [0.2, 0.25) is 0 Å². The van der Waals surface area contributed by atoms with Gasteiger partial charge in [-0.1, -0.05) is 6.07 Å². The Labute approximate surface area is 156 Å². The molecule has 0 atom stereocenters. The summed E-state index contributed by atoms with van der Waals surface area (Å²) in [7, 11) is 0. The predicted octanol–water partition coefficient (Wildman–Crippen LogP) is 4.03. The highest BCUT2D eigenvalue weighted by Crippen LogP contribution is 2.29. The van der Waals surface area contributed by atoms with E-state index in [2.05, 4.69) is 10.1 Å². The lowest BCUT2D eigenvalue weighted by Gasteiger charge is -2.24. The zero-order chi connectivity index (χ0) is 19.9. The van der Waals surface area contributed by atoms with Crippen LogP contribution in [0.4, 0.5) is 17.6 Å². The van der Waals surface area contributed by atoms with Gasteiger partial charge in [-0.25, -0.2) is 14.4 Å². The van der Waals surface area contributed by atoms with Crippen LogP contribution >= 0.6 is 0 Å². The van der Waals surface area contributed by atoms with Crippen molar-refractivity contribution in [1.82, 2.24) is 14.4 Å². The highest BCUT2D eigenvalue weighted by atomic mass is 19.4. The number of hydrogen-bond donors (Lipinski definition) is 0. The van der Waals surface area contributed by atoms with E-state index >= 15 is 0 Å². The molecule has 1 aliphatic heterocycles. The van der Waals surface area contributed by atoms with Gasteiger partial charge in [0, 0.05) is 24.6 Å². The summed E-state index contributed by atoms with van der Waals surface area (Å²) in [5.41, 5.74) is 2.44. The van der Waals surface area contributed by atoms with Crippen molar-refractivity contribution in [3.63, 3.8) is 0 Å². The number of rotatable bonds is 3. The topological polar surface area (TPSA) is 50.0 Å². The van der Waals surface area contributed by atoms with Crippen molar-refractivity contribution in [3.05, 3.63) is 60.2 Å². The molecule has 0 bridgehead atoms. The maximum absolute atomic E-state index is 13.3. The maximum atomic E-state index is 13.3. The fourth-order valence-corrected chi connectivity index (χ4v) is 3.15. The lowest BCUT2D eigenvalue weighted by molar-refractivity contribution is -0.161. The van der Waals surface area contributed by atoms with Crippen LogP contribution in [0.3, 0.4) is 0 Å². The molecule has 144 valence electrons. The molecule has 0 N–H and O–H groups in total. The monoisotopic (exact) mass is 390 g/mol. The van der Waals surface area contributed by atoms with Gasteiger partial charge in [0.05, 0.1) is 17.1 Å². The summed E-state index contributed by atoms with van der Waals surface area (Å²) < 4.78 is 53.4. The fraction of sp³-hybridized carbons (Fsp3) is 0.211. The molecule has 1 amide bonds. The first-order valence-electron chi connectivity index (χ1n) is 8.50. The van der Waals surface area contributed by atoms with Crippen molar-refractivity contribution >= 4 is 17.3 Å². The molecule has 4 rings (SSSR count). The third-order valence-electron chi connectivity index (χ3n) is 4.35. The number of nitrogens with zero attached hydrogens (tertiary/aromatic N) is 4. The van der Waals surface area contributed by atoms with Crippen LogP contribution in [0.25, 0.3) is 16.9 Å². The number of imidazole rings is 1. The van der Waals surface area contributed by atoms with Gasteiger partial charge in [-0.2, -0.15) is 18.3 Å². The van der Waals surface area contributed by atoms with Gasteiger partial charge in [0.25, 0.3) is 0 Å². The van der Waals surface area contributed by atoms with Crippen molar-refractivity contribution in [2.45, 2.75) is 19.0 Å². The number of carbonyl (C=O) groups excluding carboxylic acids is 1. The van der Waals surface area contributed by atoms with Gasteiger partial charge < -0.3 is 0 Å². The molecule has 5 nitrogen and oxygen atoms in total. The van der Waals surface area contributed by atoms with Gasteiger partial charge in [0.1, 0.15) is 18.0 Å². The number of hydrazone groups is 1. The van der Waals surface area contributed by atoms with E-state index in [1.807, 2.05) is 0 Å². The van der Waals surface area contributed by atoms with Gasteiger partial charge in [0.2, 0.25) is 5.91 Å². The zero-order valence-corrected chi connectivity index (χ0v) is 14.4. The number of benzene rings is 1. The van der Waals surface area contributed by atoms with Gasteiger partial charge in [-0.15, -0.1) is 0 Å². The van der Waals surface area contributed by atoms with Gasteiger partial charge in [-0.05, 0) is 36.4 Å². The molecule has 3 heterocycles. The highest BCUT2D eigenvalue weighted by molar-refractivity contribution is 6.07. The lowest BCUT2D eigenvalue weighted by atomic mass is 10.0. The number of alkyl halides is 3. The van der Waals surface area contributed by atoms with E-state index in [0.29, 0.717) is 33.3 Å². The van der Waals surface area contributed by atoms with Crippen LogP contribution < -0.4 is 0 Å². The summed E-state index contributed by atoms with van der Waals surface area (Å²) >= 11 is 0. The molecular formula is C19H14F4N4O. The number of aromatic nitrogens is 2. The van der Waals surface area contributed by atoms with E-state index in [1.165, 1.54) is 12.1 Å². The number of amides is 1. The second kappa shape index (κ2) is 6.74. The molecule has 0 aliphatic carbocycles. The van der Waals surface area contributed by atoms with Crippen LogP contribution in [0.1, 0.15) is 18.5 Å². The standard InChI is InChI=1S/C19H14F4N4O/c20-13-6-4-12(5-7-13)17-18(26-10-2-1-3-15(26)24-17)14-8-9-16(28)27(25-14)11-19(21,22)23/h1-7,10H,8-9,11H2. The van der Waals surface area contributed by atoms with E-state index < -0.39 is 24.4 Å². The molecule has 0 fully saturated rings. The number of carbonyl (C=O) groups is 1. The Kier molecular flexibility index (Phi) is 4.37. The lowest BCUT2D eigenvalue weighted by Crippen LogP contribution is -2.39. The summed E-state index contributed by atoms with van der Waals surface area (Å²) in [4.78, 5) is 16.4. The molecule has 0 radical (unpaired) electrons. The van der Waals surface area contributed by atoms with Crippen LogP contribution in [-0.4, -0.2) is 38.7 Å². The van der Waals surface area contributed by atoms with Crippen LogP contribution in [0, 0.1) is 5.82 Å². The normalized spacial score (nSPS) is 15.2. The molecule has 0 saturated heterocycles. The van der Waals surface area contributed by atoms with E-state index in [0.717, 1.165) is 0 Å². The minimum atomic E-state index is -4.55. The van der Waals surface area contributed by atoms with E-state index in [-0.39, 0.29) is 12.8 Å². The molecule has 0 unspecified atom stereocenters. The summed E-state index contributed by atoms with van der Waals surface area (Å²) in [5.74, 6) is -1.09. The molecule has 9 heteroatoms. The average molecular weight is 390 g/mol. The van der Waals surface area contributed by atoms with Crippen molar-refractivity contribution in [2.24, 2.45) is 5.10 Å². The first kappa shape index (κ1) is 18.1. The van der Waals surface area contributed by atoms with E-state index in [1.54, 1.807) is 40.9 Å². The molecule has 28 heavy (non-hydrogen) atoms. The Balaban J connectivity index is 1.87. The van der Waals surface area contributed by atoms with Crippen molar-refractivity contribution < 1.29 is 22.4 Å². The molecule has 1 aromatic carbocycles. The summed E-state index contributed by atoms with van der Waals surface area (Å²) in [6, 6.07) is 10.9. The number of fused-ring (bicyclic) bond motifs is 1. The van der Waals surface area contributed by atoms with Crippen molar-refractivity contribution in [3.8, 4) is 11.3 Å². The maximum Gasteiger partial charge on any atom is 0.408 e. The number of pyridine rings is 1. The second-order valence-corrected chi connectivity index (χ2v) is 6.36. The summed E-state index contributed by atoms with van der Waals surface area (Å²) in [6.45, 7) is -1.45. The first-order chi connectivity index (χ1) is 13.3. The Morgan fingerprint density at radius 1 is 1.04 bits per heavy atom. The number of halogens is 4. The highest BCUT2D eigenvalue weighted by Gasteiger charge is 2.35. The van der Waals surface area contributed by atoms with Gasteiger partial charge >= 0.3 is 6.18 Å². The Hall–Kier alpha value is -3.23. The molecular weight excluding hydrogens is 376 g/mol. The summed E-state index contributed by atoms with van der Waals surface area (Å²) in [6.07, 6.45) is -2.74. The van der Waals surface area contributed by atoms with Crippen LogP contribution in [0.15, 0.2) is 53.8 Å². The quantitative estimate of drug-likeness (QED) is 0.634. The van der Waals surface area contributed by atoms with Gasteiger partial charge in [0.15, 0.2) is 0 Å². The third kappa shape index (κ3) is 3.47. The largest absolute Gasteiger partial charge is 0.408 e. The molecule has 1 aliphatic rings. The van der Waals surface area contributed by atoms with Crippen molar-refractivity contribution in [2.75, 3.05) is 6.54 Å². The van der Waals surface area contributed by atoms with E-state index in [4.69, 9.17) is 0 Å². The first-order valence-corrected chi connectivity index (χ1v) is 8.50. The Morgan fingerprint density at radius 3 is 2.50 bits per heavy atom. The summed E-state index contributed by atoms with van der Waals surface area (Å²) in [5, 5.41) is 4.44. The van der Waals surface area contributed by atoms with Gasteiger partial charge in [-0.3, -0.25) is 9.20 Å². The minimum Gasteiger partial charge on any atom is -0.298 e. The van der Waals surface area contributed by atoms with Crippen molar-refractivity contribution in [1.29, 1.82) is 0 Å². The molecule has 2 aromatic heterocycles. The predicted molar refractivity (Wildman–Crippen MR) is 94.1 cm³/mol. The third-order valence-corrected chi connectivity index (χ3v) is 4.35. The smallest absolute Gasteiger partial charge is 0.298 e. The zero-order valence-electron chi connectivity index (χ0n) is 14.4. The average Bonchev–Trinajstić information content (AvgIpc) is 3.02. The molecule has 0 saturated carbocycles. The van der Waals surface area contributed by atoms with E-state index in [9.17, 15) is 22.4 Å². The van der Waals surface area contributed by atoms with Crippen LogP contribution in [-0.2, 0) is 4.79 Å². The second-order valence-electron chi connectivity index (χ2n) is 6.36. The molecule has 3 aromatic rings. The number of hydrogen-bond acceptors (Lipinski definition) is 3. The SMILES string of the molecule is O=C1CCC(c2c(-c3ccc(F)cc3)nc3ccccn23)=NN1CC(F)(F)F. The fourth-order valence-electron chi connectivity index (χ4n) is 3.15.